The summed E-state index contributed by atoms with van der Waals surface area (Å²) in [5.74, 6) is 0.322. The van der Waals surface area contributed by atoms with E-state index in [1.165, 1.54) is 0 Å². The maximum atomic E-state index is 11.1. The maximum absolute atomic E-state index is 11.1. The SMILES string of the molecule is O=C1CCCC2(CC1)COOO2. The van der Waals surface area contributed by atoms with Crippen molar-refractivity contribution in [3.8, 4) is 0 Å². The van der Waals surface area contributed by atoms with E-state index in [0.29, 0.717) is 25.2 Å². The Bertz CT molecular complexity index is 183. The van der Waals surface area contributed by atoms with Gasteiger partial charge in [-0.1, -0.05) is 5.04 Å². The van der Waals surface area contributed by atoms with Crippen molar-refractivity contribution < 1.29 is 19.6 Å². The Balaban J connectivity index is 2.01. The van der Waals surface area contributed by atoms with E-state index in [4.69, 9.17) is 9.78 Å². The van der Waals surface area contributed by atoms with Gasteiger partial charge in [0, 0.05) is 12.8 Å². The molecule has 2 rings (SSSR count). The third-order valence-corrected chi connectivity index (χ3v) is 2.53. The summed E-state index contributed by atoms with van der Waals surface area (Å²) in [4.78, 5) is 20.8. The van der Waals surface area contributed by atoms with Crippen LogP contribution in [0.25, 0.3) is 0 Å². The van der Waals surface area contributed by atoms with Gasteiger partial charge in [0.1, 0.15) is 18.0 Å². The first-order valence-corrected chi connectivity index (χ1v) is 4.30. The van der Waals surface area contributed by atoms with Crippen LogP contribution in [0.4, 0.5) is 0 Å². The predicted molar refractivity (Wildman–Crippen MR) is 38.9 cm³/mol. The van der Waals surface area contributed by atoms with Crippen molar-refractivity contribution in [2.75, 3.05) is 6.61 Å². The molecule has 2 fully saturated rings. The van der Waals surface area contributed by atoms with Crippen molar-refractivity contribution in [1.82, 2.24) is 0 Å². The third kappa shape index (κ3) is 1.50. The molecule has 4 nitrogen and oxygen atoms in total. The summed E-state index contributed by atoms with van der Waals surface area (Å²) in [5, 5.41) is 4.42. The number of Topliss-reactive ketones (excluding diaryl/α,β-unsaturated/α-hetero) is 1. The van der Waals surface area contributed by atoms with Gasteiger partial charge in [-0.05, 0) is 19.3 Å². The molecule has 1 heterocycles. The van der Waals surface area contributed by atoms with Gasteiger partial charge in [-0.3, -0.25) is 4.79 Å². The molecule has 1 aliphatic carbocycles. The average molecular weight is 172 g/mol. The highest BCUT2D eigenvalue weighted by Gasteiger charge is 2.40. The largest absolute Gasteiger partial charge is 0.300 e. The molecule has 1 spiro atoms. The van der Waals surface area contributed by atoms with Crippen LogP contribution in [0.5, 0.6) is 0 Å². The van der Waals surface area contributed by atoms with E-state index in [1.54, 1.807) is 0 Å². The molecule has 0 bridgehead atoms. The molecule has 1 saturated heterocycles. The third-order valence-electron chi connectivity index (χ3n) is 2.53. The second-order valence-electron chi connectivity index (χ2n) is 3.49. The number of carbonyl (C=O) groups excluding carboxylic acids is 1. The van der Waals surface area contributed by atoms with Crippen LogP contribution in [0.15, 0.2) is 0 Å². The Morgan fingerprint density at radius 2 is 2.17 bits per heavy atom. The topological polar surface area (TPSA) is 44.8 Å². The summed E-state index contributed by atoms with van der Waals surface area (Å²) < 4.78 is 0. The quantitative estimate of drug-likeness (QED) is 0.514. The van der Waals surface area contributed by atoms with Crippen LogP contribution in [0.1, 0.15) is 32.1 Å². The minimum absolute atomic E-state index is 0.322. The Morgan fingerprint density at radius 3 is 2.92 bits per heavy atom. The Morgan fingerprint density at radius 1 is 1.25 bits per heavy atom. The highest BCUT2D eigenvalue weighted by molar-refractivity contribution is 5.78. The van der Waals surface area contributed by atoms with Crippen LogP contribution in [0.3, 0.4) is 0 Å². The molecule has 0 aromatic heterocycles. The van der Waals surface area contributed by atoms with Crippen LogP contribution in [-0.4, -0.2) is 18.0 Å². The fourth-order valence-electron chi connectivity index (χ4n) is 1.70. The summed E-state index contributed by atoms with van der Waals surface area (Å²) in [6.07, 6.45) is 3.73. The first kappa shape index (κ1) is 8.16. The second kappa shape index (κ2) is 3.12. The number of carbonyl (C=O) groups is 1. The normalized spacial score (nSPS) is 37.2. The molecule has 0 aromatic carbocycles. The van der Waals surface area contributed by atoms with Crippen molar-refractivity contribution in [3.05, 3.63) is 0 Å². The van der Waals surface area contributed by atoms with Crippen LogP contribution >= 0.6 is 0 Å². The molecule has 4 heteroatoms. The highest BCUT2D eigenvalue weighted by atomic mass is 17.5. The summed E-state index contributed by atoms with van der Waals surface area (Å²) >= 11 is 0. The van der Waals surface area contributed by atoms with E-state index in [2.05, 4.69) is 5.04 Å². The number of ketones is 1. The smallest absolute Gasteiger partial charge is 0.134 e. The lowest BCUT2D eigenvalue weighted by molar-refractivity contribution is -0.470. The van der Waals surface area contributed by atoms with Gasteiger partial charge in [-0.25, -0.2) is 4.89 Å². The molecule has 0 aromatic rings. The van der Waals surface area contributed by atoms with E-state index in [1.807, 2.05) is 0 Å². The van der Waals surface area contributed by atoms with Gasteiger partial charge in [0.15, 0.2) is 0 Å². The Kier molecular flexibility index (Phi) is 2.12. The molecule has 1 unspecified atom stereocenters. The molecule has 0 amide bonds. The van der Waals surface area contributed by atoms with Gasteiger partial charge in [0.2, 0.25) is 0 Å². The molecule has 1 atom stereocenters. The first-order valence-electron chi connectivity index (χ1n) is 4.30. The van der Waals surface area contributed by atoms with E-state index in [0.717, 1.165) is 19.3 Å². The first-order chi connectivity index (χ1) is 5.81. The lowest BCUT2D eigenvalue weighted by atomic mass is 9.96. The van der Waals surface area contributed by atoms with Crippen molar-refractivity contribution in [2.45, 2.75) is 37.7 Å². The fourth-order valence-corrected chi connectivity index (χ4v) is 1.70. The van der Waals surface area contributed by atoms with Gasteiger partial charge in [0.05, 0.1) is 0 Å². The van der Waals surface area contributed by atoms with Gasteiger partial charge >= 0.3 is 0 Å². The number of hydrogen-bond acceptors (Lipinski definition) is 4. The van der Waals surface area contributed by atoms with E-state index in [9.17, 15) is 4.79 Å². The van der Waals surface area contributed by atoms with Gasteiger partial charge in [-0.2, -0.15) is 4.89 Å². The zero-order valence-corrected chi connectivity index (χ0v) is 6.88. The minimum Gasteiger partial charge on any atom is -0.300 e. The summed E-state index contributed by atoms with van der Waals surface area (Å²) in [5.41, 5.74) is -0.327. The minimum atomic E-state index is -0.327. The summed E-state index contributed by atoms with van der Waals surface area (Å²) in [6, 6.07) is 0. The van der Waals surface area contributed by atoms with E-state index >= 15 is 0 Å². The lowest BCUT2D eigenvalue weighted by Gasteiger charge is -2.19. The molecule has 68 valence electrons. The van der Waals surface area contributed by atoms with E-state index < -0.39 is 0 Å². The van der Waals surface area contributed by atoms with Gasteiger partial charge in [0.25, 0.3) is 0 Å². The molecule has 2 aliphatic rings. The van der Waals surface area contributed by atoms with Gasteiger partial charge < -0.3 is 0 Å². The molecule has 1 aliphatic heterocycles. The van der Waals surface area contributed by atoms with Crippen LogP contribution in [0, 0.1) is 0 Å². The predicted octanol–water partition coefficient (Wildman–Crippen LogP) is 1.15. The Hall–Kier alpha value is -0.450. The van der Waals surface area contributed by atoms with Crippen molar-refractivity contribution >= 4 is 5.78 Å². The standard InChI is InChI=1S/C8H12O4/c9-7-2-1-4-8(5-3-7)6-10-12-11-8/h1-6H2. The molecule has 0 N–H and O–H groups in total. The number of hydrogen-bond donors (Lipinski definition) is 0. The molecule has 1 saturated carbocycles. The van der Waals surface area contributed by atoms with Gasteiger partial charge in [-0.15, -0.1) is 0 Å². The highest BCUT2D eigenvalue weighted by Crippen LogP contribution is 2.33. The average Bonchev–Trinajstić information content (AvgIpc) is 2.42. The lowest BCUT2D eigenvalue weighted by Crippen LogP contribution is -2.30. The zero-order valence-electron chi connectivity index (χ0n) is 6.88. The maximum Gasteiger partial charge on any atom is 0.134 e. The fraction of sp³-hybridized carbons (Fsp3) is 0.875. The number of rotatable bonds is 0. The summed E-state index contributed by atoms with van der Waals surface area (Å²) in [6.45, 7) is 0.459. The second-order valence-corrected chi connectivity index (χ2v) is 3.49. The molecular formula is C8H12O4. The van der Waals surface area contributed by atoms with Crippen LogP contribution in [-0.2, 0) is 19.6 Å². The Labute approximate surface area is 70.6 Å². The monoisotopic (exact) mass is 172 g/mol. The van der Waals surface area contributed by atoms with Crippen molar-refractivity contribution in [2.24, 2.45) is 0 Å². The van der Waals surface area contributed by atoms with Crippen LogP contribution < -0.4 is 0 Å². The molecule has 0 radical (unpaired) electrons. The zero-order chi connectivity index (χ0) is 8.44. The molecular weight excluding hydrogens is 160 g/mol. The van der Waals surface area contributed by atoms with Crippen LogP contribution in [0.2, 0.25) is 0 Å². The van der Waals surface area contributed by atoms with E-state index in [-0.39, 0.29) is 5.60 Å². The van der Waals surface area contributed by atoms with Crippen molar-refractivity contribution in [1.29, 1.82) is 0 Å². The van der Waals surface area contributed by atoms with Crippen molar-refractivity contribution in [3.63, 3.8) is 0 Å². The molecule has 12 heavy (non-hydrogen) atoms. The summed E-state index contributed by atoms with van der Waals surface area (Å²) in [7, 11) is 0.